The first-order valence-electron chi connectivity index (χ1n) is 11.5. The SMILES string of the molecule is CC[C@H]1CCN(C(=O)Cc2cnc[nH]2)[C@]1(C[C@@H]1CCCN1)C(=O)N[C@@H](CCSC)C(=O)O. The molecule has 1 aromatic rings. The van der Waals surface area contributed by atoms with Gasteiger partial charge in [-0.05, 0) is 56.6 Å². The summed E-state index contributed by atoms with van der Waals surface area (Å²) in [5.74, 6) is -0.890. The Morgan fingerprint density at radius 3 is 2.81 bits per heavy atom. The van der Waals surface area contributed by atoms with Gasteiger partial charge in [0.05, 0.1) is 12.7 Å². The van der Waals surface area contributed by atoms with Gasteiger partial charge in [0, 0.05) is 24.5 Å². The molecule has 2 aliphatic rings. The van der Waals surface area contributed by atoms with Crippen LogP contribution < -0.4 is 10.6 Å². The lowest BCUT2D eigenvalue weighted by atomic mass is 9.76. The molecule has 10 heteroatoms. The summed E-state index contributed by atoms with van der Waals surface area (Å²) in [6, 6.07) is -0.837. The number of aromatic nitrogens is 2. The molecule has 3 rings (SSSR count). The van der Waals surface area contributed by atoms with E-state index in [1.807, 2.05) is 13.2 Å². The number of aromatic amines is 1. The van der Waals surface area contributed by atoms with E-state index in [2.05, 4.69) is 20.6 Å². The first-order valence-corrected chi connectivity index (χ1v) is 12.9. The average Bonchev–Trinajstić information content (AvgIpc) is 3.52. The van der Waals surface area contributed by atoms with Crippen LogP contribution in [0.4, 0.5) is 0 Å². The third-order valence-corrected chi connectivity index (χ3v) is 7.52. The lowest BCUT2D eigenvalue weighted by Gasteiger charge is -2.43. The fourth-order valence-electron chi connectivity index (χ4n) is 5.23. The smallest absolute Gasteiger partial charge is 0.326 e. The summed E-state index contributed by atoms with van der Waals surface area (Å²) >= 11 is 1.55. The van der Waals surface area contributed by atoms with Gasteiger partial charge < -0.3 is 25.6 Å². The van der Waals surface area contributed by atoms with Crippen LogP contribution >= 0.6 is 11.8 Å². The first kappa shape index (κ1) is 24.6. The second kappa shape index (κ2) is 11.2. The molecule has 3 heterocycles. The Hall–Kier alpha value is -2.07. The number of imidazole rings is 1. The van der Waals surface area contributed by atoms with E-state index in [1.54, 1.807) is 22.9 Å². The fourth-order valence-corrected chi connectivity index (χ4v) is 5.70. The molecule has 0 aromatic carbocycles. The van der Waals surface area contributed by atoms with Crippen molar-refractivity contribution >= 4 is 29.5 Å². The Kier molecular flexibility index (Phi) is 8.58. The molecule has 9 nitrogen and oxygen atoms in total. The highest BCUT2D eigenvalue weighted by molar-refractivity contribution is 7.98. The second-order valence-corrected chi connectivity index (χ2v) is 9.75. The van der Waals surface area contributed by atoms with E-state index in [9.17, 15) is 19.5 Å². The molecule has 0 radical (unpaired) electrons. The van der Waals surface area contributed by atoms with Crippen molar-refractivity contribution < 1.29 is 19.5 Å². The fraction of sp³-hybridized carbons (Fsp3) is 0.727. The molecule has 2 amide bonds. The third-order valence-electron chi connectivity index (χ3n) is 6.88. The Balaban J connectivity index is 1.92. The number of rotatable bonds is 11. The zero-order chi connectivity index (χ0) is 23.1. The van der Waals surface area contributed by atoms with Gasteiger partial charge in [-0.2, -0.15) is 11.8 Å². The maximum Gasteiger partial charge on any atom is 0.326 e. The minimum atomic E-state index is -1.05. The highest BCUT2D eigenvalue weighted by Crippen LogP contribution is 2.42. The molecule has 4 N–H and O–H groups in total. The average molecular weight is 466 g/mol. The summed E-state index contributed by atoms with van der Waals surface area (Å²) in [5.41, 5.74) is -0.354. The van der Waals surface area contributed by atoms with Gasteiger partial charge in [0.1, 0.15) is 11.6 Å². The molecule has 1 aromatic heterocycles. The number of thioether (sulfide) groups is 1. The number of carbonyl (C=O) groups excluding carboxylic acids is 2. The summed E-state index contributed by atoms with van der Waals surface area (Å²) in [6.45, 7) is 3.43. The van der Waals surface area contributed by atoms with E-state index >= 15 is 0 Å². The van der Waals surface area contributed by atoms with Crippen molar-refractivity contribution in [3.05, 3.63) is 18.2 Å². The van der Waals surface area contributed by atoms with E-state index in [4.69, 9.17) is 0 Å². The largest absolute Gasteiger partial charge is 0.480 e. The van der Waals surface area contributed by atoms with E-state index in [0.29, 0.717) is 30.8 Å². The number of amides is 2. The Morgan fingerprint density at radius 2 is 2.22 bits per heavy atom. The van der Waals surface area contributed by atoms with Crippen molar-refractivity contribution in [2.45, 2.75) is 69.5 Å². The number of hydrogen-bond acceptors (Lipinski definition) is 6. The third kappa shape index (κ3) is 5.28. The number of H-pyrrole nitrogens is 1. The van der Waals surface area contributed by atoms with E-state index < -0.39 is 17.6 Å². The molecule has 4 atom stereocenters. The van der Waals surface area contributed by atoms with Crippen molar-refractivity contribution in [1.82, 2.24) is 25.5 Å². The zero-order valence-electron chi connectivity index (χ0n) is 18.9. The van der Waals surface area contributed by atoms with Gasteiger partial charge in [0.15, 0.2) is 0 Å². The van der Waals surface area contributed by atoms with Crippen molar-refractivity contribution in [3.63, 3.8) is 0 Å². The molecule has 2 fully saturated rings. The van der Waals surface area contributed by atoms with Crippen LogP contribution in [0.2, 0.25) is 0 Å². The quantitative estimate of drug-likeness (QED) is 0.389. The Labute approximate surface area is 193 Å². The van der Waals surface area contributed by atoms with E-state index in [-0.39, 0.29) is 30.2 Å². The van der Waals surface area contributed by atoms with Crippen LogP contribution in [-0.4, -0.2) is 80.5 Å². The maximum atomic E-state index is 13.9. The molecule has 0 bridgehead atoms. The van der Waals surface area contributed by atoms with E-state index in [1.165, 1.54) is 6.33 Å². The van der Waals surface area contributed by atoms with Gasteiger partial charge in [-0.3, -0.25) is 9.59 Å². The number of carboxylic acids is 1. The predicted molar refractivity (Wildman–Crippen MR) is 123 cm³/mol. The summed E-state index contributed by atoms with van der Waals surface area (Å²) in [7, 11) is 0. The standard InChI is InChI=1S/C22H35N5O4S/c1-3-15-6-9-27(19(28)11-17-13-23-14-25-17)22(15,12-16-5-4-8-24-16)21(31)26-18(20(29)30)7-10-32-2/h13-16,18,24H,3-12H2,1-2H3,(H,23,25)(H,26,31)(H,29,30)/t15-,16-,18-,22-/m0/s1. The van der Waals surface area contributed by atoms with E-state index in [0.717, 1.165) is 32.2 Å². The van der Waals surface area contributed by atoms with Crippen LogP contribution in [0.3, 0.4) is 0 Å². The minimum absolute atomic E-state index is 0.0226. The summed E-state index contributed by atoms with van der Waals surface area (Å²) < 4.78 is 0. The normalized spacial score (nSPS) is 26.2. The monoisotopic (exact) mass is 465 g/mol. The molecule has 0 spiro atoms. The minimum Gasteiger partial charge on any atom is -0.480 e. The number of carbonyl (C=O) groups is 3. The molecule has 0 unspecified atom stereocenters. The molecule has 178 valence electrons. The lowest BCUT2D eigenvalue weighted by Crippen LogP contribution is -2.64. The number of nitrogens with one attached hydrogen (secondary N) is 3. The number of nitrogens with zero attached hydrogens (tertiary/aromatic N) is 2. The van der Waals surface area contributed by atoms with Gasteiger partial charge in [-0.15, -0.1) is 0 Å². The van der Waals surface area contributed by atoms with Gasteiger partial charge >= 0.3 is 5.97 Å². The van der Waals surface area contributed by atoms with Crippen LogP contribution in [0.25, 0.3) is 0 Å². The summed E-state index contributed by atoms with van der Waals surface area (Å²) in [5, 5.41) is 16.0. The molecule has 0 aliphatic carbocycles. The van der Waals surface area contributed by atoms with Gasteiger partial charge in [0.25, 0.3) is 0 Å². The van der Waals surface area contributed by atoms with Crippen LogP contribution in [0.1, 0.15) is 51.1 Å². The number of carboxylic acid groups (broad SMARTS) is 1. The van der Waals surface area contributed by atoms with Crippen LogP contribution in [0.15, 0.2) is 12.5 Å². The number of likely N-dealkylation sites (tertiary alicyclic amines) is 1. The number of hydrogen-bond donors (Lipinski definition) is 4. The molecular weight excluding hydrogens is 430 g/mol. The predicted octanol–water partition coefficient (Wildman–Crippen LogP) is 1.41. The molecule has 32 heavy (non-hydrogen) atoms. The van der Waals surface area contributed by atoms with Crippen molar-refractivity contribution in [2.75, 3.05) is 25.1 Å². The van der Waals surface area contributed by atoms with Gasteiger partial charge in [-0.1, -0.05) is 13.3 Å². The Bertz CT molecular complexity index is 783. The number of aliphatic carboxylic acids is 1. The molecule has 2 aliphatic heterocycles. The lowest BCUT2D eigenvalue weighted by molar-refractivity contribution is -0.150. The summed E-state index contributed by atoms with van der Waals surface area (Å²) in [6.07, 6.45) is 9.51. The topological polar surface area (TPSA) is 127 Å². The second-order valence-electron chi connectivity index (χ2n) is 8.76. The molecule has 0 saturated carbocycles. The van der Waals surface area contributed by atoms with Crippen molar-refractivity contribution in [1.29, 1.82) is 0 Å². The van der Waals surface area contributed by atoms with Gasteiger partial charge in [-0.25, -0.2) is 9.78 Å². The van der Waals surface area contributed by atoms with Crippen molar-refractivity contribution in [3.8, 4) is 0 Å². The highest BCUT2D eigenvalue weighted by atomic mass is 32.2. The highest BCUT2D eigenvalue weighted by Gasteiger charge is 2.56. The summed E-state index contributed by atoms with van der Waals surface area (Å²) in [4.78, 5) is 47.9. The van der Waals surface area contributed by atoms with Crippen LogP contribution in [0.5, 0.6) is 0 Å². The Morgan fingerprint density at radius 1 is 1.41 bits per heavy atom. The maximum absolute atomic E-state index is 13.9. The molecular formula is C22H35N5O4S. The van der Waals surface area contributed by atoms with Crippen LogP contribution in [0, 0.1) is 5.92 Å². The van der Waals surface area contributed by atoms with Crippen LogP contribution in [-0.2, 0) is 20.8 Å². The van der Waals surface area contributed by atoms with Gasteiger partial charge in [0.2, 0.25) is 11.8 Å². The first-order chi connectivity index (χ1) is 15.4. The molecule has 2 saturated heterocycles. The van der Waals surface area contributed by atoms with Crippen molar-refractivity contribution in [2.24, 2.45) is 5.92 Å². The zero-order valence-corrected chi connectivity index (χ0v) is 19.7.